The highest BCUT2D eigenvalue weighted by molar-refractivity contribution is 5.94. The van der Waals surface area contributed by atoms with Crippen molar-refractivity contribution in [2.45, 2.75) is 38.4 Å². The number of piperidine rings is 1. The van der Waals surface area contributed by atoms with E-state index in [2.05, 4.69) is 27.4 Å². The van der Waals surface area contributed by atoms with Gasteiger partial charge in [0.25, 0.3) is 0 Å². The molecule has 1 aromatic carbocycles. The standard InChI is InChI=1S/C22H27F3N4O/c1-14-11-16(26-9-6-15-7-10-28-21(15)30)13-29(12-14)19-5-4-18(22(23,24)25)20-17(19)3-2-8-27-20/h2-5,8,14-16,26H,6-7,9-13H2,1H3,(H,28,30)/t14-,15?,16+/m0/s1. The predicted octanol–water partition coefficient (Wildman–Crippen LogP) is 3.58. The van der Waals surface area contributed by atoms with Crippen molar-refractivity contribution >= 4 is 22.5 Å². The van der Waals surface area contributed by atoms with E-state index in [0.29, 0.717) is 11.3 Å². The van der Waals surface area contributed by atoms with Gasteiger partial charge in [0.05, 0.1) is 11.1 Å². The quantitative estimate of drug-likeness (QED) is 0.776. The van der Waals surface area contributed by atoms with Crippen LogP contribution in [-0.4, -0.2) is 43.1 Å². The first-order valence-corrected chi connectivity index (χ1v) is 10.5. The summed E-state index contributed by atoms with van der Waals surface area (Å²) in [4.78, 5) is 17.9. The number of hydrogen-bond donors (Lipinski definition) is 2. The van der Waals surface area contributed by atoms with Crippen LogP contribution in [0.5, 0.6) is 0 Å². The zero-order valence-corrected chi connectivity index (χ0v) is 17.0. The monoisotopic (exact) mass is 420 g/mol. The Morgan fingerprint density at radius 3 is 2.83 bits per heavy atom. The second kappa shape index (κ2) is 8.41. The molecule has 1 amide bonds. The van der Waals surface area contributed by atoms with E-state index in [-0.39, 0.29) is 23.4 Å². The number of carbonyl (C=O) groups is 1. The van der Waals surface area contributed by atoms with Crippen molar-refractivity contribution in [1.29, 1.82) is 0 Å². The number of nitrogens with one attached hydrogen (secondary N) is 2. The van der Waals surface area contributed by atoms with Gasteiger partial charge in [-0.15, -0.1) is 0 Å². The average Bonchev–Trinajstić information content (AvgIpc) is 3.11. The minimum absolute atomic E-state index is 0.00233. The highest BCUT2D eigenvalue weighted by atomic mass is 19.4. The lowest BCUT2D eigenvalue weighted by Crippen LogP contribution is -2.49. The fourth-order valence-corrected chi connectivity index (χ4v) is 4.74. The van der Waals surface area contributed by atoms with Gasteiger partial charge in [0.15, 0.2) is 0 Å². The Kier molecular flexibility index (Phi) is 5.86. The van der Waals surface area contributed by atoms with Crippen LogP contribution < -0.4 is 15.5 Å². The molecule has 4 rings (SSSR count). The predicted molar refractivity (Wildman–Crippen MR) is 110 cm³/mol. The third kappa shape index (κ3) is 4.38. The second-order valence-electron chi connectivity index (χ2n) is 8.49. The van der Waals surface area contributed by atoms with Crippen molar-refractivity contribution in [1.82, 2.24) is 15.6 Å². The molecule has 0 bridgehead atoms. The van der Waals surface area contributed by atoms with E-state index in [4.69, 9.17) is 0 Å². The van der Waals surface area contributed by atoms with Crippen LogP contribution in [0.4, 0.5) is 18.9 Å². The number of nitrogens with zero attached hydrogens (tertiary/aromatic N) is 2. The van der Waals surface area contributed by atoms with Crippen LogP contribution in [0.3, 0.4) is 0 Å². The number of benzene rings is 1. The van der Waals surface area contributed by atoms with Gasteiger partial charge in [0, 0.05) is 48.9 Å². The number of pyridine rings is 1. The fourth-order valence-electron chi connectivity index (χ4n) is 4.74. The van der Waals surface area contributed by atoms with Crippen LogP contribution >= 0.6 is 0 Å². The first-order valence-electron chi connectivity index (χ1n) is 10.5. The number of carbonyl (C=O) groups excluding carboxylic acids is 1. The molecule has 162 valence electrons. The van der Waals surface area contributed by atoms with Gasteiger partial charge < -0.3 is 15.5 Å². The first kappa shape index (κ1) is 20.9. The third-order valence-electron chi connectivity index (χ3n) is 6.14. The Hall–Kier alpha value is -2.35. The number of fused-ring (bicyclic) bond motifs is 1. The molecule has 2 aliphatic heterocycles. The highest BCUT2D eigenvalue weighted by Gasteiger charge is 2.35. The number of amides is 1. The van der Waals surface area contributed by atoms with Crippen molar-refractivity contribution < 1.29 is 18.0 Å². The molecule has 8 heteroatoms. The Morgan fingerprint density at radius 2 is 2.10 bits per heavy atom. The third-order valence-corrected chi connectivity index (χ3v) is 6.14. The van der Waals surface area contributed by atoms with Gasteiger partial charge >= 0.3 is 6.18 Å². The summed E-state index contributed by atoms with van der Waals surface area (Å²) in [6.07, 6.45) is -0.326. The van der Waals surface area contributed by atoms with E-state index >= 15 is 0 Å². The Morgan fingerprint density at radius 1 is 1.27 bits per heavy atom. The lowest BCUT2D eigenvalue weighted by Gasteiger charge is -2.39. The molecule has 1 aromatic heterocycles. The largest absolute Gasteiger partial charge is 0.418 e. The van der Waals surface area contributed by atoms with Gasteiger partial charge in [-0.3, -0.25) is 9.78 Å². The second-order valence-corrected chi connectivity index (χ2v) is 8.49. The number of aromatic nitrogens is 1. The Bertz CT molecular complexity index is 917. The number of rotatable bonds is 5. The molecule has 1 unspecified atom stereocenters. The van der Waals surface area contributed by atoms with Crippen LogP contribution in [0.25, 0.3) is 10.9 Å². The molecule has 0 saturated carbocycles. The molecule has 2 fully saturated rings. The molecule has 2 aliphatic rings. The molecule has 5 nitrogen and oxygen atoms in total. The number of anilines is 1. The van der Waals surface area contributed by atoms with Crippen LogP contribution in [-0.2, 0) is 11.0 Å². The van der Waals surface area contributed by atoms with Crippen molar-refractivity contribution in [3.63, 3.8) is 0 Å². The van der Waals surface area contributed by atoms with Crippen molar-refractivity contribution in [3.05, 3.63) is 36.0 Å². The normalized spacial score (nSPS) is 25.0. The van der Waals surface area contributed by atoms with Crippen molar-refractivity contribution in [3.8, 4) is 0 Å². The van der Waals surface area contributed by atoms with Gasteiger partial charge in [-0.25, -0.2) is 0 Å². The number of hydrogen-bond acceptors (Lipinski definition) is 4. The zero-order chi connectivity index (χ0) is 21.3. The molecule has 2 saturated heterocycles. The molecule has 2 aromatic rings. The maximum absolute atomic E-state index is 13.4. The van der Waals surface area contributed by atoms with Gasteiger partial charge in [-0.05, 0) is 56.0 Å². The molecule has 3 heterocycles. The van der Waals surface area contributed by atoms with E-state index in [1.54, 1.807) is 18.2 Å². The molecule has 0 spiro atoms. The maximum atomic E-state index is 13.4. The van der Waals surface area contributed by atoms with Crippen LogP contribution in [0.1, 0.15) is 31.7 Å². The van der Waals surface area contributed by atoms with Gasteiger partial charge in [-0.1, -0.05) is 6.92 Å². The van der Waals surface area contributed by atoms with Crippen molar-refractivity contribution in [2.75, 3.05) is 31.1 Å². The smallest absolute Gasteiger partial charge is 0.369 e. The average molecular weight is 420 g/mol. The maximum Gasteiger partial charge on any atom is 0.418 e. The number of alkyl halides is 3. The summed E-state index contributed by atoms with van der Waals surface area (Å²) < 4.78 is 40.3. The van der Waals surface area contributed by atoms with Gasteiger partial charge in [0.1, 0.15) is 0 Å². The highest BCUT2D eigenvalue weighted by Crippen LogP contribution is 2.38. The summed E-state index contributed by atoms with van der Waals surface area (Å²) >= 11 is 0. The molecule has 0 aliphatic carbocycles. The zero-order valence-electron chi connectivity index (χ0n) is 17.0. The molecule has 30 heavy (non-hydrogen) atoms. The summed E-state index contributed by atoms with van der Waals surface area (Å²) in [5, 5.41) is 6.96. The summed E-state index contributed by atoms with van der Waals surface area (Å²) in [6, 6.07) is 6.34. The molecule has 0 radical (unpaired) electrons. The van der Waals surface area contributed by atoms with E-state index in [1.807, 2.05) is 0 Å². The van der Waals surface area contributed by atoms with Gasteiger partial charge in [-0.2, -0.15) is 13.2 Å². The lowest BCUT2D eigenvalue weighted by molar-refractivity contribution is -0.136. The van der Waals surface area contributed by atoms with Crippen molar-refractivity contribution in [2.24, 2.45) is 11.8 Å². The van der Waals surface area contributed by atoms with E-state index in [0.717, 1.165) is 57.2 Å². The Labute approximate surface area is 174 Å². The minimum atomic E-state index is -4.43. The minimum Gasteiger partial charge on any atom is -0.369 e. The molecule has 2 N–H and O–H groups in total. The fraction of sp³-hybridized carbons (Fsp3) is 0.545. The first-order chi connectivity index (χ1) is 14.3. The van der Waals surface area contributed by atoms with Crippen LogP contribution in [0.15, 0.2) is 30.5 Å². The lowest BCUT2D eigenvalue weighted by atomic mass is 9.94. The van der Waals surface area contributed by atoms with Crippen LogP contribution in [0, 0.1) is 11.8 Å². The molecular weight excluding hydrogens is 393 g/mol. The molecule has 3 atom stereocenters. The number of halogens is 3. The summed E-state index contributed by atoms with van der Waals surface area (Å²) in [6.45, 7) is 5.19. The van der Waals surface area contributed by atoms with E-state index in [9.17, 15) is 18.0 Å². The summed E-state index contributed by atoms with van der Waals surface area (Å²) in [5.41, 5.74) is 0.0912. The van der Waals surface area contributed by atoms with Crippen LogP contribution in [0.2, 0.25) is 0 Å². The van der Waals surface area contributed by atoms with E-state index in [1.165, 1.54) is 6.20 Å². The topological polar surface area (TPSA) is 57.3 Å². The summed E-state index contributed by atoms with van der Waals surface area (Å²) in [7, 11) is 0. The Balaban J connectivity index is 1.50. The van der Waals surface area contributed by atoms with E-state index < -0.39 is 11.7 Å². The van der Waals surface area contributed by atoms with Gasteiger partial charge in [0.2, 0.25) is 5.91 Å². The molecular formula is C22H27F3N4O. The summed E-state index contributed by atoms with van der Waals surface area (Å²) in [5.74, 6) is 0.624. The SMILES string of the molecule is C[C@H]1C[C@@H](NCCC2CCNC2=O)CN(c2ccc(C(F)(F)F)c3ncccc23)C1.